The third-order valence-electron chi connectivity index (χ3n) is 3.69. The van der Waals surface area contributed by atoms with Crippen molar-refractivity contribution in [1.82, 2.24) is 10.3 Å². The molecule has 29 heavy (non-hydrogen) atoms. The molecule has 0 unspecified atom stereocenters. The minimum Gasteiger partial charge on any atom is -0.508 e. The molecule has 0 aliphatic rings. The van der Waals surface area contributed by atoms with Gasteiger partial charge in [-0.1, -0.05) is 37.0 Å². The monoisotopic (exact) mass is 445 g/mol. The van der Waals surface area contributed by atoms with E-state index in [1.165, 1.54) is 12.1 Å². The number of aromatic nitrogens is 1. The van der Waals surface area contributed by atoms with Crippen molar-refractivity contribution >= 4 is 40.9 Å². The molecule has 0 saturated heterocycles. The van der Waals surface area contributed by atoms with Crippen LogP contribution in [0.15, 0.2) is 18.2 Å². The Morgan fingerprint density at radius 2 is 1.93 bits per heavy atom. The highest BCUT2D eigenvalue weighted by Gasteiger charge is 2.21. The van der Waals surface area contributed by atoms with E-state index in [2.05, 4.69) is 15.6 Å². The van der Waals surface area contributed by atoms with Crippen LogP contribution in [0.1, 0.15) is 25.3 Å². The van der Waals surface area contributed by atoms with Gasteiger partial charge in [-0.15, -0.1) is 0 Å². The topological polar surface area (TPSA) is 121 Å². The van der Waals surface area contributed by atoms with Gasteiger partial charge < -0.3 is 25.6 Å². The number of ether oxygens (including phenoxy) is 1. The van der Waals surface area contributed by atoms with Crippen LogP contribution in [0.5, 0.6) is 17.2 Å². The number of aromatic hydroxyl groups is 1. The van der Waals surface area contributed by atoms with Crippen LogP contribution in [0.2, 0.25) is 10.0 Å². The Hall–Kier alpha value is -2.78. The zero-order chi connectivity index (χ0) is 21.7. The quantitative estimate of drug-likeness (QED) is 0.456. The first-order valence-corrected chi connectivity index (χ1v) is 9.13. The van der Waals surface area contributed by atoms with Crippen LogP contribution in [0.4, 0.5) is 10.2 Å². The fourth-order valence-electron chi connectivity index (χ4n) is 2.28. The molecule has 0 aliphatic carbocycles. The summed E-state index contributed by atoms with van der Waals surface area (Å²) < 4.78 is 19.8. The number of carbonyl (C=O) groups is 2. The number of carboxylic acid groups (broad SMARTS) is 1. The normalized spacial score (nSPS) is 10.7. The zero-order valence-electron chi connectivity index (χ0n) is 15.4. The standard InChI is InChI=1S/C18H18Cl2FN3O5/c1-8(2)10-5-9(3-4-11(10)25)29-16-14(19)17(21)24-18(15(16)20)23-6-12(26)22-7-13(27)28/h3-5,8,25H,6-7H2,1-2H3,(H,22,26)(H,23,24)(H,27,28). The van der Waals surface area contributed by atoms with Crippen molar-refractivity contribution in [3.05, 3.63) is 39.8 Å². The zero-order valence-corrected chi connectivity index (χ0v) is 16.9. The van der Waals surface area contributed by atoms with Crippen molar-refractivity contribution in [2.75, 3.05) is 18.4 Å². The lowest BCUT2D eigenvalue weighted by Crippen LogP contribution is -2.34. The molecule has 0 bridgehead atoms. The second-order valence-corrected chi connectivity index (χ2v) is 6.97. The Labute approximate surface area is 175 Å². The van der Waals surface area contributed by atoms with E-state index < -0.39 is 35.9 Å². The van der Waals surface area contributed by atoms with Crippen molar-refractivity contribution in [2.24, 2.45) is 0 Å². The molecule has 11 heteroatoms. The minimum absolute atomic E-state index is 0.000197. The van der Waals surface area contributed by atoms with E-state index in [4.69, 9.17) is 33.0 Å². The molecule has 1 aromatic carbocycles. The van der Waals surface area contributed by atoms with Crippen molar-refractivity contribution < 1.29 is 28.9 Å². The Kier molecular flexibility index (Phi) is 7.46. The van der Waals surface area contributed by atoms with Crippen molar-refractivity contribution in [2.45, 2.75) is 19.8 Å². The van der Waals surface area contributed by atoms with Crippen LogP contribution >= 0.6 is 23.2 Å². The highest BCUT2D eigenvalue weighted by atomic mass is 35.5. The van der Waals surface area contributed by atoms with Gasteiger partial charge in [0.25, 0.3) is 0 Å². The Bertz CT molecular complexity index is 940. The Morgan fingerprint density at radius 1 is 1.24 bits per heavy atom. The van der Waals surface area contributed by atoms with Gasteiger partial charge in [-0.3, -0.25) is 9.59 Å². The van der Waals surface area contributed by atoms with Crippen LogP contribution in [-0.4, -0.2) is 40.2 Å². The Morgan fingerprint density at radius 3 is 2.55 bits per heavy atom. The van der Waals surface area contributed by atoms with Crippen molar-refractivity contribution in [3.63, 3.8) is 0 Å². The SMILES string of the molecule is CC(C)c1cc(Oc2c(Cl)c(F)nc(NCC(=O)NCC(=O)O)c2Cl)ccc1O. The molecule has 2 aromatic rings. The molecule has 0 radical (unpaired) electrons. The minimum atomic E-state index is -1.21. The molecule has 0 spiro atoms. The number of carbonyl (C=O) groups excluding carboxylic acids is 1. The molecule has 0 aliphatic heterocycles. The molecule has 0 saturated carbocycles. The number of rotatable bonds is 8. The number of nitrogens with zero attached hydrogens (tertiary/aromatic N) is 1. The molecule has 4 N–H and O–H groups in total. The maximum Gasteiger partial charge on any atom is 0.322 e. The van der Waals surface area contributed by atoms with E-state index in [0.29, 0.717) is 5.56 Å². The molecule has 156 valence electrons. The summed E-state index contributed by atoms with van der Waals surface area (Å²) in [6, 6.07) is 4.45. The van der Waals surface area contributed by atoms with Gasteiger partial charge in [0.1, 0.15) is 28.1 Å². The number of phenols is 1. The summed E-state index contributed by atoms with van der Waals surface area (Å²) in [5.74, 6) is -3.05. The number of phenolic OH excluding ortho intramolecular Hbond substituents is 1. The predicted molar refractivity (Wildman–Crippen MR) is 106 cm³/mol. The number of benzene rings is 1. The fourth-order valence-corrected chi connectivity index (χ4v) is 2.74. The van der Waals surface area contributed by atoms with Gasteiger partial charge in [0.2, 0.25) is 11.9 Å². The number of aliphatic carboxylic acids is 1. The van der Waals surface area contributed by atoms with Gasteiger partial charge in [-0.2, -0.15) is 9.37 Å². The van der Waals surface area contributed by atoms with Gasteiger partial charge in [0.05, 0.1) is 6.54 Å². The van der Waals surface area contributed by atoms with Crippen LogP contribution in [-0.2, 0) is 9.59 Å². The number of amides is 1. The second-order valence-electron chi connectivity index (χ2n) is 6.21. The molecule has 1 heterocycles. The van der Waals surface area contributed by atoms with Gasteiger partial charge in [0, 0.05) is 5.56 Å². The number of carboxylic acids is 1. The smallest absolute Gasteiger partial charge is 0.322 e. The summed E-state index contributed by atoms with van der Waals surface area (Å²) in [6.45, 7) is 2.78. The lowest BCUT2D eigenvalue weighted by Gasteiger charge is -2.15. The van der Waals surface area contributed by atoms with Crippen molar-refractivity contribution in [3.8, 4) is 17.2 Å². The highest BCUT2D eigenvalue weighted by molar-refractivity contribution is 6.38. The maximum absolute atomic E-state index is 14.1. The number of pyridine rings is 1. The van der Waals surface area contributed by atoms with E-state index in [1.54, 1.807) is 6.07 Å². The fraction of sp³-hybridized carbons (Fsp3) is 0.278. The van der Waals surface area contributed by atoms with E-state index in [9.17, 15) is 19.1 Å². The van der Waals surface area contributed by atoms with E-state index in [1.807, 2.05) is 13.8 Å². The first kappa shape index (κ1) is 22.5. The molecule has 1 amide bonds. The van der Waals surface area contributed by atoms with Crippen LogP contribution in [0.3, 0.4) is 0 Å². The molecular weight excluding hydrogens is 428 g/mol. The molecule has 1 aromatic heterocycles. The first-order valence-electron chi connectivity index (χ1n) is 8.37. The van der Waals surface area contributed by atoms with Gasteiger partial charge in [0.15, 0.2) is 11.6 Å². The summed E-state index contributed by atoms with van der Waals surface area (Å²) in [4.78, 5) is 25.6. The van der Waals surface area contributed by atoms with E-state index in [0.717, 1.165) is 0 Å². The highest BCUT2D eigenvalue weighted by Crippen LogP contribution is 2.42. The molecular formula is C18H18Cl2FN3O5. The summed E-state index contributed by atoms with van der Waals surface area (Å²) in [6.07, 6.45) is 0. The van der Waals surface area contributed by atoms with Gasteiger partial charge in [-0.25, -0.2) is 0 Å². The predicted octanol–water partition coefficient (Wildman–Crippen LogP) is 3.76. The van der Waals surface area contributed by atoms with E-state index >= 15 is 0 Å². The number of hydrogen-bond acceptors (Lipinski definition) is 6. The van der Waals surface area contributed by atoms with Crippen molar-refractivity contribution in [1.29, 1.82) is 0 Å². The van der Waals surface area contributed by atoms with Crippen LogP contribution in [0, 0.1) is 5.95 Å². The molecule has 2 rings (SSSR count). The summed E-state index contributed by atoms with van der Waals surface area (Å²) in [5, 5.41) is 22.4. The van der Waals surface area contributed by atoms with Gasteiger partial charge in [-0.05, 0) is 24.1 Å². The Balaban J connectivity index is 2.26. The molecule has 8 nitrogen and oxygen atoms in total. The van der Waals surface area contributed by atoms with Crippen LogP contribution in [0.25, 0.3) is 0 Å². The average Bonchev–Trinajstić information content (AvgIpc) is 2.66. The summed E-state index contributed by atoms with van der Waals surface area (Å²) in [5.41, 5.74) is 0.609. The third kappa shape index (κ3) is 5.85. The van der Waals surface area contributed by atoms with Crippen LogP contribution < -0.4 is 15.4 Å². The summed E-state index contributed by atoms with van der Waals surface area (Å²) in [7, 11) is 0. The van der Waals surface area contributed by atoms with Gasteiger partial charge >= 0.3 is 5.97 Å². The van der Waals surface area contributed by atoms with E-state index in [-0.39, 0.29) is 34.0 Å². The maximum atomic E-state index is 14.1. The number of hydrogen-bond donors (Lipinski definition) is 4. The first-order chi connectivity index (χ1) is 13.6. The number of anilines is 1. The number of nitrogens with one attached hydrogen (secondary N) is 2. The third-order valence-corrected chi connectivity index (χ3v) is 4.37. The average molecular weight is 446 g/mol. The lowest BCUT2D eigenvalue weighted by atomic mass is 10.0. The molecule has 0 fully saturated rings. The number of halogens is 3. The second kappa shape index (κ2) is 9.62. The summed E-state index contributed by atoms with van der Waals surface area (Å²) >= 11 is 12.1. The molecule has 0 atom stereocenters. The lowest BCUT2D eigenvalue weighted by molar-refractivity contribution is -0.137. The largest absolute Gasteiger partial charge is 0.508 e.